The van der Waals surface area contributed by atoms with Gasteiger partial charge in [0.05, 0.1) is 13.0 Å². The molecule has 1 unspecified atom stereocenters. The molecule has 2 aliphatic heterocycles. The second-order valence-electron chi connectivity index (χ2n) is 7.72. The number of anilines is 3. The zero-order chi connectivity index (χ0) is 21.8. The third-order valence-corrected chi connectivity index (χ3v) is 5.78. The molecule has 31 heavy (non-hydrogen) atoms. The van der Waals surface area contributed by atoms with Crippen molar-refractivity contribution in [1.29, 1.82) is 0 Å². The van der Waals surface area contributed by atoms with Crippen LogP contribution in [-0.4, -0.2) is 73.3 Å². The summed E-state index contributed by atoms with van der Waals surface area (Å²) in [4.78, 5) is 31.3. The van der Waals surface area contributed by atoms with Crippen LogP contribution in [0.3, 0.4) is 0 Å². The van der Waals surface area contributed by atoms with Gasteiger partial charge in [-0.15, -0.1) is 10.2 Å². The van der Waals surface area contributed by atoms with E-state index in [1.165, 1.54) is 0 Å². The first-order valence-corrected chi connectivity index (χ1v) is 10.6. The Morgan fingerprint density at radius 3 is 2.45 bits per heavy atom. The molecule has 0 aliphatic carbocycles. The molecule has 2 aromatic rings. The summed E-state index contributed by atoms with van der Waals surface area (Å²) in [6.45, 7) is 5.86. The van der Waals surface area contributed by atoms with Gasteiger partial charge in [0.15, 0.2) is 5.82 Å². The van der Waals surface area contributed by atoms with E-state index in [2.05, 4.69) is 20.4 Å². The van der Waals surface area contributed by atoms with Crippen LogP contribution in [0.1, 0.15) is 13.3 Å². The molecule has 9 heteroatoms. The van der Waals surface area contributed by atoms with Crippen molar-refractivity contribution in [3.8, 4) is 5.75 Å². The Morgan fingerprint density at radius 1 is 1.10 bits per heavy atom. The van der Waals surface area contributed by atoms with Gasteiger partial charge >= 0.3 is 0 Å². The molecule has 4 rings (SSSR count). The first kappa shape index (κ1) is 20.9. The number of carbonyl (C=O) groups is 2. The highest BCUT2D eigenvalue weighted by molar-refractivity contribution is 6.00. The van der Waals surface area contributed by atoms with Gasteiger partial charge in [-0.3, -0.25) is 9.59 Å². The fourth-order valence-corrected chi connectivity index (χ4v) is 4.07. The Balaban J connectivity index is 1.32. The van der Waals surface area contributed by atoms with Crippen LogP contribution in [0.4, 0.5) is 17.3 Å². The summed E-state index contributed by atoms with van der Waals surface area (Å²) in [5, 5.41) is 11.6. The molecule has 0 saturated carbocycles. The molecule has 9 nitrogen and oxygen atoms in total. The Labute approximate surface area is 182 Å². The number of rotatable bonds is 6. The highest BCUT2D eigenvalue weighted by Crippen LogP contribution is 2.28. The Hall–Kier alpha value is -3.36. The highest BCUT2D eigenvalue weighted by atomic mass is 16.5. The van der Waals surface area contributed by atoms with Crippen molar-refractivity contribution in [2.75, 3.05) is 61.5 Å². The maximum Gasteiger partial charge on any atom is 0.228 e. The number of methoxy groups -OCH3 is 1. The van der Waals surface area contributed by atoms with Crippen LogP contribution in [-0.2, 0) is 9.59 Å². The summed E-state index contributed by atoms with van der Waals surface area (Å²) < 4.78 is 5.17. The third-order valence-electron chi connectivity index (χ3n) is 5.78. The van der Waals surface area contributed by atoms with E-state index in [9.17, 15) is 9.59 Å². The van der Waals surface area contributed by atoms with E-state index in [4.69, 9.17) is 4.74 Å². The summed E-state index contributed by atoms with van der Waals surface area (Å²) in [7, 11) is 1.61. The molecule has 3 heterocycles. The first-order valence-electron chi connectivity index (χ1n) is 10.6. The van der Waals surface area contributed by atoms with Gasteiger partial charge in [-0.2, -0.15) is 0 Å². The van der Waals surface area contributed by atoms with E-state index in [0.29, 0.717) is 32.7 Å². The average Bonchev–Trinajstić information content (AvgIpc) is 3.21. The predicted molar refractivity (Wildman–Crippen MR) is 118 cm³/mol. The molecule has 1 aromatic heterocycles. The number of hydrogen-bond acceptors (Lipinski definition) is 7. The number of piperazine rings is 1. The van der Waals surface area contributed by atoms with Gasteiger partial charge in [0, 0.05) is 51.4 Å². The van der Waals surface area contributed by atoms with Gasteiger partial charge in [0.25, 0.3) is 0 Å². The summed E-state index contributed by atoms with van der Waals surface area (Å²) in [5.41, 5.74) is 0.797. The quantitative estimate of drug-likeness (QED) is 0.753. The fourth-order valence-electron chi connectivity index (χ4n) is 4.07. The number of benzene rings is 1. The first-order chi connectivity index (χ1) is 15.1. The smallest absolute Gasteiger partial charge is 0.228 e. The Kier molecular flexibility index (Phi) is 6.20. The van der Waals surface area contributed by atoms with Gasteiger partial charge in [-0.05, 0) is 43.3 Å². The molecule has 2 saturated heterocycles. The molecule has 2 aliphatic rings. The van der Waals surface area contributed by atoms with Gasteiger partial charge in [-0.1, -0.05) is 0 Å². The topological polar surface area (TPSA) is 90.9 Å². The van der Waals surface area contributed by atoms with Crippen molar-refractivity contribution in [3.63, 3.8) is 0 Å². The third kappa shape index (κ3) is 4.55. The number of nitrogens with one attached hydrogen (secondary N) is 1. The molecule has 1 N–H and O–H groups in total. The maximum atomic E-state index is 13.1. The van der Waals surface area contributed by atoms with Gasteiger partial charge in [0.1, 0.15) is 11.6 Å². The van der Waals surface area contributed by atoms with Crippen molar-refractivity contribution in [2.24, 2.45) is 5.92 Å². The van der Waals surface area contributed by atoms with Crippen LogP contribution in [0.5, 0.6) is 5.75 Å². The van der Waals surface area contributed by atoms with E-state index < -0.39 is 0 Å². The molecule has 2 fully saturated rings. The van der Waals surface area contributed by atoms with E-state index in [1.54, 1.807) is 12.0 Å². The number of hydrogen-bond donors (Lipinski definition) is 1. The second kappa shape index (κ2) is 9.20. The SMILES string of the molecule is CCNc1ccc(N2CCN(C(=O)C3CC(=O)N(c4ccc(OC)cc4)C3)CC2)nn1. The van der Waals surface area contributed by atoms with Crippen molar-refractivity contribution >= 4 is 29.1 Å². The number of nitrogens with zero attached hydrogens (tertiary/aromatic N) is 5. The zero-order valence-electron chi connectivity index (χ0n) is 18.0. The molecule has 0 bridgehead atoms. The normalized spacial score (nSPS) is 19.0. The lowest BCUT2D eigenvalue weighted by molar-refractivity contribution is -0.136. The van der Waals surface area contributed by atoms with Crippen molar-refractivity contribution in [2.45, 2.75) is 13.3 Å². The molecule has 0 radical (unpaired) electrons. The lowest BCUT2D eigenvalue weighted by atomic mass is 10.1. The zero-order valence-corrected chi connectivity index (χ0v) is 18.0. The van der Waals surface area contributed by atoms with Crippen molar-refractivity contribution in [1.82, 2.24) is 15.1 Å². The predicted octanol–water partition coefficient (Wildman–Crippen LogP) is 1.62. The molecule has 1 atom stereocenters. The minimum absolute atomic E-state index is 0.0156. The van der Waals surface area contributed by atoms with Gasteiger partial charge in [-0.25, -0.2) is 0 Å². The molecule has 2 amide bonds. The van der Waals surface area contributed by atoms with Crippen LogP contribution in [0.2, 0.25) is 0 Å². The van der Waals surface area contributed by atoms with Gasteiger partial charge in [0.2, 0.25) is 11.8 Å². The molecule has 164 valence electrons. The Bertz CT molecular complexity index is 910. The summed E-state index contributed by atoms with van der Waals surface area (Å²) in [5.74, 6) is 2.04. The monoisotopic (exact) mass is 424 g/mol. The number of carbonyl (C=O) groups excluding carboxylic acids is 2. The van der Waals surface area contributed by atoms with Crippen LogP contribution < -0.4 is 19.9 Å². The van der Waals surface area contributed by atoms with E-state index in [-0.39, 0.29) is 24.2 Å². The van der Waals surface area contributed by atoms with E-state index >= 15 is 0 Å². The van der Waals surface area contributed by atoms with E-state index in [1.807, 2.05) is 48.2 Å². The minimum Gasteiger partial charge on any atom is -0.497 e. The van der Waals surface area contributed by atoms with Crippen LogP contribution in [0.15, 0.2) is 36.4 Å². The summed E-state index contributed by atoms with van der Waals surface area (Å²) in [6.07, 6.45) is 0.252. The average molecular weight is 425 g/mol. The highest BCUT2D eigenvalue weighted by Gasteiger charge is 2.38. The minimum atomic E-state index is -0.305. The van der Waals surface area contributed by atoms with Crippen molar-refractivity contribution < 1.29 is 14.3 Å². The van der Waals surface area contributed by atoms with Crippen LogP contribution in [0, 0.1) is 5.92 Å². The Morgan fingerprint density at radius 2 is 1.84 bits per heavy atom. The standard InChI is InChI=1S/C22H28N6O3/c1-3-23-19-8-9-20(25-24-19)26-10-12-27(13-11-26)22(30)16-14-21(29)28(15-16)17-4-6-18(31-2)7-5-17/h4-9,16H,3,10-15H2,1-2H3,(H,23,24). The van der Waals surface area contributed by atoms with Crippen LogP contribution in [0.25, 0.3) is 0 Å². The van der Waals surface area contributed by atoms with Gasteiger partial charge < -0.3 is 24.8 Å². The number of amides is 2. The second-order valence-corrected chi connectivity index (χ2v) is 7.72. The largest absolute Gasteiger partial charge is 0.497 e. The maximum absolute atomic E-state index is 13.1. The summed E-state index contributed by atoms with van der Waals surface area (Å²) >= 11 is 0. The van der Waals surface area contributed by atoms with Crippen molar-refractivity contribution in [3.05, 3.63) is 36.4 Å². The molecular weight excluding hydrogens is 396 g/mol. The summed E-state index contributed by atoms with van der Waals surface area (Å²) in [6, 6.07) is 11.2. The van der Waals surface area contributed by atoms with E-state index in [0.717, 1.165) is 29.6 Å². The fraction of sp³-hybridized carbons (Fsp3) is 0.455. The molecule has 0 spiro atoms. The lowest BCUT2D eigenvalue weighted by Crippen LogP contribution is -2.51. The number of ether oxygens (including phenoxy) is 1. The molecular formula is C22H28N6O3. The molecule has 1 aromatic carbocycles. The van der Waals surface area contributed by atoms with Crippen LogP contribution >= 0.6 is 0 Å². The number of aromatic nitrogens is 2. The lowest BCUT2D eigenvalue weighted by Gasteiger charge is -2.36.